The number of hydrogen-bond donors (Lipinski definition) is 2. The van der Waals surface area contributed by atoms with Crippen molar-refractivity contribution in [1.29, 1.82) is 0 Å². The number of carbonyl (C=O) groups excluding carboxylic acids is 1. The third-order valence-corrected chi connectivity index (χ3v) is 3.94. The Morgan fingerprint density at radius 2 is 2.07 bits per heavy atom. The van der Waals surface area contributed by atoms with Gasteiger partial charge in [0.1, 0.15) is 29.8 Å². The number of benzene rings is 1. The van der Waals surface area contributed by atoms with Gasteiger partial charge in [-0.15, -0.1) is 0 Å². The number of alkyl carbamates (subject to hydrolysis) is 1. The van der Waals surface area contributed by atoms with Crippen LogP contribution in [0.5, 0.6) is 5.75 Å². The molecule has 0 bridgehead atoms. The van der Waals surface area contributed by atoms with Crippen LogP contribution in [0.15, 0.2) is 30.6 Å². The molecule has 2 rings (SSSR count). The summed E-state index contributed by atoms with van der Waals surface area (Å²) in [5.41, 5.74) is 0.371. The largest absolute Gasteiger partial charge is 0.496 e. The first kappa shape index (κ1) is 22.7. The van der Waals surface area contributed by atoms with E-state index in [9.17, 15) is 24.8 Å². The first-order valence-corrected chi connectivity index (χ1v) is 9.03. The molecule has 1 aromatic carbocycles. The number of nitro groups is 1. The normalized spacial score (nSPS) is 12.1. The Morgan fingerprint density at radius 3 is 2.60 bits per heavy atom. The summed E-state index contributed by atoms with van der Waals surface area (Å²) in [6.07, 6.45) is 1.61. The van der Waals surface area contributed by atoms with E-state index in [0.29, 0.717) is 16.9 Å². The zero-order valence-corrected chi connectivity index (χ0v) is 17.1. The van der Waals surface area contributed by atoms with E-state index in [4.69, 9.17) is 9.47 Å². The van der Waals surface area contributed by atoms with E-state index >= 15 is 0 Å². The summed E-state index contributed by atoms with van der Waals surface area (Å²) in [6.45, 7) is 5.22. The maximum absolute atomic E-state index is 11.9. The van der Waals surface area contributed by atoms with Gasteiger partial charge in [0, 0.05) is 12.0 Å². The van der Waals surface area contributed by atoms with E-state index in [1.165, 1.54) is 18.0 Å². The average Bonchev–Trinajstić information content (AvgIpc) is 3.08. The van der Waals surface area contributed by atoms with Crippen LogP contribution in [-0.2, 0) is 22.5 Å². The van der Waals surface area contributed by atoms with Crippen LogP contribution < -0.4 is 10.1 Å². The lowest BCUT2D eigenvalue weighted by atomic mass is 10.0. The van der Waals surface area contributed by atoms with Gasteiger partial charge in [0.15, 0.2) is 0 Å². The van der Waals surface area contributed by atoms with Crippen LogP contribution in [-0.4, -0.2) is 50.6 Å². The second-order valence-electron chi connectivity index (χ2n) is 7.54. The van der Waals surface area contributed by atoms with Gasteiger partial charge in [-0.2, -0.15) is 5.10 Å². The molecule has 2 aromatic rings. The molecule has 1 amide bonds. The minimum Gasteiger partial charge on any atom is -0.496 e. The maximum atomic E-state index is 11.9. The van der Waals surface area contributed by atoms with Crippen molar-refractivity contribution in [2.45, 2.75) is 45.4 Å². The quantitative estimate of drug-likeness (QED) is 0.489. The van der Waals surface area contributed by atoms with Gasteiger partial charge in [-0.05, 0) is 32.4 Å². The minimum atomic E-state index is -1.21. The van der Waals surface area contributed by atoms with Crippen molar-refractivity contribution in [2.24, 2.45) is 0 Å². The average molecular weight is 420 g/mol. The molecule has 1 atom stereocenters. The highest BCUT2D eigenvalue weighted by molar-refractivity contribution is 5.80. The second kappa shape index (κ2) is 9.25. The molecule has 0 aliphatic rings. The van der Waals surface area contributed by atoms with E-state index in [1.54, 1.807) is 39.0 Å². The number of aromatic nitrogens is 2. The number of aliphatic carboxylic acids is 1. The topological polar surface area (TPSA) is 146 Å². The number of carboxylic acid groups (broad SMARTS) is 1. The molecular formula is C19H24N4O7. The number of nitrogens with zero attached hydrogens (tertiary/aromatic N) is 3. The fourth-order valence-corrected chi connectivity index (χ4v) is 2.68. The number of amides is 1. The van der Waals surface area contributed by atoms with Gasteiger partial charge in [0.2, 0.25) is 0 Å². The van der Waals surface area contributed by atoms with E-state index in [0.717, 1.165) is 6.20 Å². The number of carboxylic acids is 1. The molecule has 1 heterocycles. The summed E-state index contributed by atoms with van der Waals surface area (Å²) < 4.78 is 11.8. The van der Waals surface area contributed by atoms with Gasteiger partial charge in [-0.1, -0.05) is 12.1 Å². The van der Waals surface area contributed by atoms with Gasteiger partial charge >= 0.3 is 17.7 Å². The van der Waals surface area contributed by atoms with Crippen molar-refractivity contribution in [3.05, 3.63) is 51.8 Å². The molecule has 0 aliphatic heterocycles. The Kier molecular flexibility index (Phi) is 6.98. The standard InChI is InChI=1S/C19H24N4O7/c1-19(2,3)30-18(26)21-15(17(24)25)8-12-5-6-16(29-4)13(7-12)10-22-11-14(9-20-22)23(27)28/h5-7,9,11,15H,8,10H2,1-4H3,(H,21,26)(H,24,25). The molecule has 0 aliphatic carbocycles. The van der Waals surface area contributed by atoms with Crippen molar-refractivity contribution in [1.82, 2.24) is 15.1 Å². The van der Waals surface area contributed by atoms with Crippen molar-refractivity contribution in [2.75, 3.05) is 7.11 Å². The molecule has 11 heteroatoms. The van der Waals surface area contributed by atoms with Crippen LogP contribution in [0.3, 0.4) is 0 Å². The van der Waals surface area contributed by atoms with Crippen LogP contribution in [0.4, 0.5) is 10.5 Å². The molecule has 0 saturated carbocycles. The summed E-state index contributed by atoms with van der Waals surface area (Å²) in [5, 5.41) is 26.6. The molecule has 1 unspecified atom stereocenters. The van der Waals surface area contributed by atoms with Crippen LogP contribution in [0.2, 0.25) is 0 Å². The summed E-state index contributed by atoms with van der Waals surface area (Å²) in [4.78, 5) is 33.8. The highest BCUT2D eigenvalue weighted by Gasteiger charge is 2.24. The van der Waals surface area contributed by atoms with Crippen molar-refractivity contribution in [3.63, 3.8) is 0 Å². The van der Waals surface area contributed by atoms with Gasteiger partial charge in [0.05, 0.1) is 18.6 Å². The Bertz CT molecular complexity index is 933. The molecule has 0 saturated heterocycles. The lowest BCUT2D eigenvalue weighted by Crippen LogP contribution is -2.44. The predicted molar refractivity (Wildman–Crippen MR) is 105 cm³/mol. The van der Waals surface area contributed by atoms with Crippen LogP contribution in [0.1, 0.15) is 31.9 Å². The number of methoxy groups -OCH3 is 1. The molecular weight excluding hydrogens is 396 g/mol. The molecule has 162 valence electrons. The predicted octanol–water partition coefficient (Wildman–Crippen LogP) is 2.37. The van der Waals surface area contributed by atoms with E-state index in [1.807, 2.05) is 0 Å². The van der Waals surface area contributed by atoms with Crippen molar-refractivity contribution < 1.29 is 29.1 Å². The lowest BCUT2D eigenvalue weighted by Gasteiger charge is -2.22. The monoisotopic (exact) mass is 420 g/mol. The van der Waals surface area contributed by atoms with Crippen LogP contribution >= 0.6 is 0 Å². The second-order valence-corrected chi connectivity index (χ2v) is 7.54. The third kappa shape index (κ3) is 6.47. The van der Waals surface area contributed by atoms with Crippen LogP contribution in [0.25, 0.3) is 0 Å². The fraction of sp³-hybridized carbons (Fsp3) is 0.421. The number of carbonyl (C=O) groups is 2. The SMILES string of the molecule is COc1ccc(CC(NC(=O)OC(C)(C)C)C(=O)O)cc1Cn1cc([N+](=O)[O-])cn1. The summed E-state index contributed by atoms with van der Waals surface area (Å²) in [6, 6.07) is 3.85. The Morgan fingerprint density at radius 1 is 1.37 bits per heavy atom. The first-order valence-electron chi connectivity index (χ1n) is 9.03. The molecule has 0 spiro atoms. The maximum Gasteiger partial charge on any atom is 0.408 e. The number of hydrogen-bond acceptors (Lipinski definition) is 7. The summed E-state index contributed by atoms with van der Waals surface area (Å²) in [7, 11) is 1.48. The number of rotatable bonds is 8. The smallest absolute Gasteiger partial charge is 0.408 e. The van der Waals surface area contributed by atoms with Gasteiger partial charge in [-0.3, -0.25) is 14.8 Å². The molecule has 1 aromatic heterocycles. The van der Waals surface area contributed by atoms with Gasteiger partial charge < -0.3 is 19.9 Å². The van der Waals surface area contributed by atoms with Crippen molar-refractivity contribution in [3.8, 4) is 5.75 Å². The van der Waals surface area contributed by atoms with Gasteiger partial charge in [0.25, 0.3) is 0 Å². The van der Waals surface area contributed by atoms with E-state index < -0.39 is 28.6 Å². The molecule has 2 N–H and O–H groups in total. The molecule has 0 radical (unpaired) electrons. The van der Waals surface area contributed by atoms with E-state index in [-0.39, 0.29) is 18.7 Å². The Labute approximate surface area is 172 Å². The molecule has 11 nitrogen and oxygen atoms in total. The van der Waals surface area contributed by atoms with Crippen LogP contribution in [0, 0.1) is 10.1 Å². The Hall–Kier alpha value is -3.63. The third-order valence-electron chi connectivity index (χ3n) is 3.94. The molecule has 0 fully saturated rings. The Balaban J connectivity index is 2.19. The van der Waals surface area contributed by atoms with Gasteiger partial charge in [-0.25, -0.2) is 9.59 Å². The first-order chi connectivity index (χ1) is 14.0. The number of ether oxygens (including phenoxy) is 2. The zero-order valence-electron chi connectivity index (χ0n) is 17.1. The van der Waals surface area contributed by atoms with E-state index in [2.05, 4.69) is 10.4 Å². The summed E-state index contributed by atoms with van der Waals surface area (Å²) >= 11 is 0. The highest BCUT2D eigenvalue weighted by Crippen LogP contribution is 2.22. The summed E-state index contributed by atoms with van der Waals surface area (Å²) in [5.74, 6) is -0.690. The molecule has 30 heavy (non-hydrogen) atoms. The number of nitrogens with one attached hydrogen (secondary N) is 1. The van der Waals surface area contributed by atoms with Crippen molar-refractivity contribution >= 4 is 17.7 Å². The highest BCUT2D eigenvalue weighted by atomic mass is 16.6. The minimum absolute atomic E-state index is 0.00479. The lowest BCUT2D eigenvalue weighted by molar-refractivity contribution is -0.385. The zero-order chi connectivity index (χ0) is 22.5. The fourth-order valence-electron chi connectivity index (χ4n) is 2.68.